The Balaban J connectivity index is 1.51. The fraction of sp³-hybridized carbons (Fsp3) is 0.160. The molecule has 0 fully saturated rings. The van der Waals surface area contributed by atoms with Gasteiger partial charge in [0.25, 0.3) is 0 Å². The van der Waals surface area contributed by atoms with Crippen LogP contribution in [0.5, 0.6) is 0 Å². The zero-order chi connectivity index (χ0) is 21.4. The van der Waals surface area contributed by atoms with Gasteiger partial charge < -0.3 is 15.2 Å². The van der Waals surface area contributed by atoms with Crippen LogP contribution in [-0.4, -0.2) is 22.5 Å². The molecule has 156 valence electrons. The number of carbonyl (C=O) groups excluding carboxylic acids is 1. The second-order valence-corrected chi connectivity index (χ2v) is 7.72. The van der Waals surface area contributed by atoms with Crippen LogP contribution in [0.3, 0.4) is 0 Å². The van der Waals surface area contributed by atoms with Gasteiger partial charge in [0.15, 0.2) is 0 Å². The van der Waals surface area contributed by atoms with Crippen molar-refractivity contribution < 1.29 is 13.6 Å². The highest BCUT2D eigenvalue weighted by atomic mass is 19.1. The lowest BCUT2D eigenvalue weighted by Crippen LogP contribution is -2.46. The molecule has 31 heavy (non-hydrogen) atoms. The Kier molecular flexibility index (Phi) is 4.90. The van der Waals surface area contributed by atoms with Gasteiger partial charge in [-0.2, -0.15) is 0 Å². The number of hydrogen-bond acceptors (Lipinski definition) is 1. The maximum absolute atomic E-state index is 14.8. The SMILES string of the molecule is O=C(NCc1ccc(F)cc1)N1CCc2c([nH]c3ccccc23)C1c1ccccc1F. The number of amides is 2. The molecule has 4 nitrogen and oxygen atoms in total. The summed E-state index contributed by atoms with van der Waals surface area (Å²) in [7, 11) is 0. The highest BCUT2D eigenvalue weighted by Crippen LogP contribution is 2.39. The molecule has 2 amide bonds. The van der Waals surface area contributed by atoms with Crippen molar-refractivity contribution in [1.29, 1.82) is 0 Å². The van der Waals surface area contributed by atoms with E-state index < -0.39 is 6.04 Å². The summed E-state index contributed by atoms with van der Waals surface area (Å²) in [5.74, 6) is -0.674. The van der Waals surface area contributed by atoms with Gasteiger partial charge in [0.2, 0.25) is 0 Å². The number of rotatable bonds is 3. The van der Waals surface area contributed by atoms with Gasteiger partial charge in [-0.3, -0.25) is 0 Å². The Bertz CT molecular complexity index is 1250. The summed E-state index contributed by atoms with van der Waals surface area (Å²) in [4.78, 5) is 18.3. The fourth-order valence-electron chi connectivity index (χ4n) is 4.36. The Morgan fingerprint density at radius 2 is 1.74 bits per heavy atom. The van der Waals surface area contributed by atoms with Crippen LogP contribution in [-0.2, 0) is 13.0 Å². The van der Waals surface area contributed by atoms with Crippen LogP contribution >= 0.6 is 0 Å². The second kappa shape index (κ2) is 7.87. The topological polar surface area (TPSA) is 48.1 Å². The normalized spacial score (nSPS) is 15.7. The van der Waals surface area contributed by atoms with Gasteiger partial charge in [-0.1, -0.05) is 48.5 Å². The summed E-state index contributed by atoms with van der Waals surface area (Å²) in [5.41, 5.74) is 4.18. The first kappa shape index (κ1) is 19.3. The highest BCUT2D eigenvalue weighted by Gasteiger charge is 2.35. The molecule has 2 heterocycles. The molecular weight excluding hydrogens is 396 g/mol. The standard InChI is InChI=1S/C25H21F2N3O/c26-17-11-9-16(10-12-17)15-28-25(31)30-14-13-19-18-5-2-4-8-22(18)29-23(19)24(30)20-6-1-3-7-21(20)27/h1-12,24,29H,13-15H2,(H,28,31). The smallest absolute Gasteiger partial charge is 0.318 e. The number of benzene rings is 3. The van der Waals surface area contributed by atoms with E-state index in [4.69, 9.17) is 0 Å². The van der Waals surface area contributed by atoms with Crippen molar-refractivity contribution in [3.05, 3.63) is 107 Å². The molecule has 3 aromatic carbocycles. The van der Waals surface area contributed by atoms with Crippen molar-refractivity contribution >= 4 is 16.9 Å². The molecule has 1 aromatic heterocycles. The van der Waals surface area contributed by atoms with Crippen molar-refractivity contribution in [3.8, 4) is 0 Å². The molecule has 6 heteroatoms. The molecule has 2 N–H and O–H groups in total. The van der Waals surface area contributed by atoms with Crippen molar-refractivity contribution in [2.45, 2.75) is 19.0 Å². The van der Waals surface area contributed by atoms with Crippen molar-refractivity contribution in [2.24, 2.45) is 0 Å². The highest BCUT2D eigenvalue weighted by molar-refractivity contribution is 5.86. The predicted molar refractivity (Wildman–Crippen MR) is 116 cm³/mol. The molecule has 4 aromatic rings. The zero-order valence-electron chi connectivity index (χ0n) is 16.7. The zero-order valence-corrected chi connectivity index (χ0v) is 16.7. The number of fused-ring (bicyclic) bond motifs is 3. The molecule has 1 aliphatic heterocycles. The number of carbonyl (C=O) groups is 1. The van der Waals surface area contributed by atoms with E-state index in [1.807, 2.05) is 24.3 Å². The Morgan fingerprint density at radius 1 is 1.00 bits per heavy atom. The molecule has 1 unspecified atom stereocenters. The van der Waals surface area contributed by atoms with Gasteiger partial charge in [-0.15, -0.1) is 0 Å². The van der Waals surface area contributed by atoms with E-state index in [1.54, 1.807) is 35.2 Å². The monoisotopic (exact) mass is 417 g/mol. The number of nitrogens with one attached hydrogen (secondary N) is 2. The van der Waals surface area contributed by atoms with Gasteiger partial charge >= 0.3 is 6.03 Å². The molecule has 0 bridgehead atoms. The van der Waals surface area contributed by atoms with E-state index in [0.29, 0.717) is 18.5 Å². The average molecular weight is 417 g/mol. The predicted octanol–water partition coefficient (Wildman–Crippen LogP) is 5.30. The molecule has 0 aliphatic carbocycles. The number of halogens is 2. The summed E-state index contributed by atoms with van der Waals surface area (Å²) >= 11 is 0. The van der Waals surface area contributed by atoms with Gasteiger partial charge in [0, 0.05) is 35.2 Å². The Morgan fingerprint density at radius 3 is 2.55 bits per heavy atom. The van der Waals surface area contributed by atoms with Gasteiger partial charge in [0.05, 0.1) is 0 Å². The van der Waals surface area contributed by atoms with Gasteiger partial charge in [0.1, 0.15) is 17.7 Å². The van der Waals surface area contributed by atoms with E-state index in [-0.39, 0.29) is 24.2 Å². The summed E-state index contributed by atoms with van der Waals surface area (Å²) < 4.78 is 28.0. The third-order valence-electron chi connectivity index (χ3n) is 5.85. The molecule has 0 spiro atoms. The maximum atomic E-state index is 14.8. The van der Waals surface area contributed by atoms with E-state index in [0.717, 1.165) is 27.7 Å². The van der Waals surface area contributed by atoms with Gasteiger partial charge in [-0.05, 0) is 41.8 Å². The van der Waals surface area contributed by atoms with Crippen LogP contribution in [0.1, 0.15) is 28.4 Å². The lowest BCUT2D eigenvalue weighted by Gasteiger charge is -2.36. The second-order valence-electron chi connectivity index (χ2n) is 7.72. The van der Waals surface area contributed by atoms with Crippen LogP contribution in [0, 0.1) is 11.6 Å². The minimum atomic E-state index is -0.564. The van der Waals surface area contributed by atoms with Crippen LogP contribution in [0.4, 0.5) is 13.6 Å². The van der Waals surface area contributed by atoms with Crippen LogP contribution in [0.25, 0.3) is 10.9 Å². The number of nitrogens with zero attached hydrogens (tertiary/aromatic N) is 1. The number of urea groups is 1. The number of aromatic amines is 1. The van der Waals surface area contributed by atoms with Crippen molar-refractivity contribution in [2.75, 3.05) is 6.54 Å². The molecule has 0 radical (unpaired) electrons. The third-order valence-corrected chi connectivity index (χ3v) is 5.85. The van der Waals surface area contributed by atoms with Crippen LogP contribution < -0.4 is 5.32 Å². The van der Waals surface area contributed by atoms with Crippen LogP contribution in [0.2, 0.25) is 0 Å². The number of aromatic nitrogens is 1. The molecular formula is C25H21F2N3O. The Labute approximate surface area is 178 Å². The lowest BCUT2D eigenvalue weighted by molar-refractivity contribution is 0.177. The summed E-state index contributed by atoms with van der Waals surface area (Å²) in [6.07, 6.45) is 0.675. The largest absolute Gasteiger partial charge is 0.356 e. The lowest BCUT2D eigenvalue weighted by atomic mass is 9.92. The van der Waals surface area contributed by atoms with E-state index in [9.17, 15) is 13.6 Å². The molecule has 0 saturated carbocycles. The quantitative estimate of drug-likeness (QED) is 0.467. The Hall–Kier alpha value is -3.67. The van der Waals surface area contributed by atoms with Gasteiger partial charge in [-0.25, -0.2) is 13.6 Å². The molecule has 1 atom stereocenters. The minimum absolute atomic E-state index is 0.263. The minimum Gasteiger partial charge on any atom is -0.356 e. The van der Waals surface area contributed by atoms with Crippen LogP contribution in [0.15, 0.2) is 72.8 Å². The first-order valence-corrected chi connectivity index (χ1v) is 10.2. The first-order chi connectivity index (χ1) is 15.1. The number of para-hydroxylation sites is 1. The fourth-order valence-corrected chi connectivity index (χ4v) is 4.36. The number of hydrogen-bond donors (Lipinski definition) is 2. The van der Waals surface area contributed by atoms with E-state index in [1.165, 1.54) is 18.2 Å². The molecule has 0 saturated heterocycles. The third kappa shape index (κ3) is 3.54. The molecule has 1 aliphatic rings. The summed E-state index contributed by atoms with van der Waals surface area (Å²) in [5, 5.41) is 4.00. The maximum Gasteiger partial charge on any atom is 0.318 e. The number of H-pyrrole nitrogens is 1. The average Bonchev–Trinajstić information content (AvgIpc) is 3.17. The summed E-state index contributed by atoms with van der Waals surface area (Å²) in [6, 6.07) is 19.7. The molecule has 5 rings (SSSR count). The van der Waals surface area contributed by atoms with E-state index in [2.05, 4.69) is 10.3 Å². The van der Waals surface area contributed by atoms with Crippen molar-refractivity contribution in [1.82, 2.24) is 15.2 Å². The summed E-state index contributed by atoms with van der Waals surface area (Å²) in [6.45, 7) is 0.724. The van der Waals surface area contributed by atoms with E-state index >= 15 is 0 Å². The van der Waals surface area contributed by atoms with Crippen molar-refractivity contribution in [3.63, 3.8) is 0 Å². The first-order valence-electron chi connectivity index (χ1n) is 10.2.